The lowest BCUT2D eigenvalue weighted by atomic mass is 10.1. The maximum atomic E-state index is 12.0. The highest BCUT2D eigenvalue weighted by Crippen LogP contribution is 2.22. The van der Waals surface area contributed by atoms with Gasteiger partial charge < -0.3 is 4.42 Å². The first kappa shape index (κ1) is 12.2. The van der Waals surface area contributed by atoms with Gasteiger partial charge in [0.25, 0.3) is 5.91 Å². The van der Waals surface area contributed by atoms with Gasteiger partial charge in [-0.2, -0.15) is 0 Å². The zero-order valence-corrected chi connectivity index (χ0v) is 10.6. The van der Waals surface area contributed by atoms with E-state index in [0.29, 0.717) is 11.3 Å². The van der Waals surface area contributed by atoms with Crippen molar-refractivity contribution in [3.05, 3.63) is 22.6 Å². The van der Waals surface area contributed by atoms with E-state index in [1.807, 2.05) is 13.8 Å². The van der Waals surface area contributed by atoms with Gasteiger partial charge in [0.2, 0.25) is 0 Å². The molecule has 1 saturated carbocycles. The van der Waals surface area contributed by atoms with Gasteiger partial charge in [0, 0.05) is 5.56 Å². The minimum Gasteiger partial charge on any atom is -0.466 e. The van der Waals surface area contributed by atoms with Crippen molar-refractivity contribution in [2.75, 3.05) is 0 Å². The summed E-state index contributed by atoms with van der Waals surface area (Å²) in [5.41, 5.74) is 4.02. The molecule has 0 atom stereocenters. The molecular weight excluding hydrogens is 218 g/mol. The fourth-order valence-corrected chi connectivity index (χ4v) is 2.32. The van der Waals surface area contributed by atoms with Gasteiger partial charge in [-0.15, -0.1) is 0 Å². The van der Waals surface area contributed by atoms with Gasteiger partial charge in [-0.05, 0) is 33.6 Å². The van der Waals surface area contributed by atoms with Gasteiger partial charge in [0.05, 0.1) is 11.7 Å². The highest BCUT2D eigenvalue weighted by molar-refractivity contribution is 5.96. The number of carbonyl (C=O) groups is 1. The zero-order valence-electron chi connectivity index (χ0n) is 10.6. The van der Waals surface area contributed by atoms with Crippen LogP contribution < -0.4 is 5.48 Å². The lowest BCUT2D eigenvalue weighted by molar-refractivity contribution is -0.0126. The van der Waals surface area contributed by atoms with Crippen LogP contribution in [0.1, 0.15) is 53.1 Å². The highest BCUT2D eigenvalue weighted by atomic mass is 16.7. The molecular formula is C13H19NO3. The van der Waals surface area contributed by atoms with Crippen LogP contribution in [0.3, 0.4) is 0 Å². The summed E-state index contributed by atoms with van der Waals surface area (Å²) in [6.45, 7) is 5.54. The Morgan fingerprint density at radius 2 is 1.88 bits per heavy atom. The SMILES string of the molecule is Cc1oc(C)c(C(=O)NOC2CCCC2)c1C. The molecule has 1 heterocycles. The van der Waals surface area contributed by atoms with Gasteiger partial charge in [-0.25, -0.2) is 5.48 Å². The monoisotopic (exact) mass is 237 g/mol. The maximum absolute atomic E-state index is 12.0. The average Bonchev–Trinajstić information content (AvgIpc) is 2.86. The molecule has 0 spiro atoms. The van der Waals surface area contributed by atoms with E-state index in [0.717, 1.165) is 24.2 Å². The minimum atomic E-state index is -0.205. The van der Waals surface area contributed by atoms with Crippen LogP contribution in [0.2, 0.25) is 0 Å². The van der Waals surface area contributed by atoms with Crippen LogP contribution in [0.25, 0.3) is 0 Å². The molecule has 17 heavy (non-hydrogen) atoms. The number of rotatable bonds is 3. The summed E-state index contributed by atoms with van der Waals surface area (Å²) < 4.78 is 5.42. The molecule has 4 heteroatoms. The quantitative estimate of drug-likeness (QED) is 0.822. The molecule has 0 saturated heterocycles. The summed E-state index contributed by atoms with van der Waals surface area (Å²) >= 11 is 0. The van der Waals surface area contributed by atoms with E-state index >= 15 is 0 Å². The Kier molecular flexibility index (Phi) is 3.52. The molecule has 1 N–H and O–H groups in total. The van der Waals surface area contributed by atoms with Crippen molar-refractivity contribution >= 4 is 5.91 Å². The summed E-state index contributed by atoms with van der Waals surface area (Å²) in [6.07, 6.45) is 4.60. The predicted molar refractivity (Wildman–Crippen MR) is 63.7 cm³/mol. The van der Waals surface area contributed by atoms with E-state index in [9.17, 15) is 4.79 Å². The van der Waals surface area contributed by atoms with Crippen molar-refractivity contribution in [2.45, 2.75) is 52.6 Å². The second kappa shape index (κ2) is 4.92. The third-order valence-corrected chi connectivity index (χ3v) is 3.41. The standard InChI is InChI=1S/C13H19NO3/c1-8-9(2)16-10(3)12(8)13(15)14-17-11-6-4-5-7-11/h11H,4-7H2,1-3H3,(H,14,15). The number of aryl methyl sites for hydroxylation is 2. The number of hydrogen-bond acceptors (Lipinski definition) is 3. The summed E-state index contributed by atoms with van der Waals surface area (Å²) in [7, 11) is 0. The summed E-state index contributed by atoms with van der Waals surface area (Å²) in [6, 6.07) is 0. The van der Waals surface area contributed by atoms with E-state index in [1.165, 1.54) is 12.8 Å². The van der Waals surface area contributed by atoms with E-state index < -0.39 is 0 Å². The van der Waals surface area contributed by atoms with E-state index in [-0.39, 0.29) is 12.0 Å². The first-order valence-corrected chi connectivity index (χ1v) is 6.12. The molecule has 1 fully saturated rings. The molecule has 94 valence electrons. The van der Waals surface area contributed by atoms with Gasteiger partial charge in [0.1, 0.15) is 11.5 Å². The second-order valence-electron chi connectivity index (χ2n) is 4.67. The van der Waals surface area contributed by atoms with Crippen molar-refractivity contribution < 1.29 is 14.0 Å². The van der Waals surface area contributed by atoms with E-state index in [1.54, 1.807) is 6.92 Å². The smallest absolute Gasteiger partial charge is 0.278 e. The fraction of sp³-hybridized carbons (Fsp3) is 0.615. The Morgan fingerprint density at radius 3 is 2.41 bits per heavy atom. The van der Waals surface area contributed by atoms with Crippen LogP contribution in [0, 0.1) is 20.8 Å². The van der Waals surface area contributed by atoms with Crippen molar-refractivity contribution in [1.82, 2.24) is 5.48 Å². The van der Waals surface area contributed by atoms with Gasteiger partial charge in [-0.1, -0.05) is 12.8 Å². The van der Waals surface area contributed by atoms with Crippen molar-refractivity contribution in [1.29, 1.82) is 0 Å². The topological polar surface area (TPSA) is 51.5 Å². The molecule has 1 aromatic heterocycles. The average molecular weight is 237 g/mol. The molecule has 1 aromatic rings. The third kappa shape index (κ3) is 2.52. The molecule has 1 aliphatic rings. The Hall–Kier alpha value is -1.29. The number of hydroxylamine groups is 1. The van der Waals surface area contributed by atoms with Gasteiger partial charge in [0.15, 0.2) is 0 Å². The Morgan fingerprint density at radius 1 is 1.24 bits per heavy atom. The van der Waals surface area contributed by atoms with Crippen LogP contribution >= 0.6 is 0 Å². The van der Waals surface area contributed by atoms with Crippen LogP contribution in [-0.4, -0.2) is 12.0 Å². The predicted octanol–water partition coefficient (Wildman–Crippen LogP) is 2.81. The normalized spacial score (nSPS) is 16.4. The molecule has 2 rings (SSSR count). The van der Waals surface area contributed by atoms with Crippen LogP contribution in [0.4, 0.5) is 0 Å². The molecule has 4 nitrogen and oxygen atoms in total. The minimum absolute atomic E-state index is 0.174. The molecule has 1 amide bonds. The Labute approximate surface area is 101 Å². The molecule has 0 unspecified atom stereocenters. The number of carbonyl (C=O) groups excluding carboxylic acids is 1. The van der Waals surface area contributed by atoms with Gasteiger partial charge in [-0.3, -0.25) is 9.63 Å². The molecule has 0 aliphatic heterocycles. The summed E-state index contributed by atoms with van der Waals surface area (Å²) in [5, 5.41) is 0. The van der Waals surface area contributed by atoms with E-state index in [4.69, 9.17) is 9.25 Å². The van der Waals surface area contributed by atoms with Crippen molar-refractivity contribution in [2.24, 2.45) is 0 Å². The van der Waals surface area contributed by atoms with Crippen LogP contribution in [-0.2, 0) is 4.84 Å². The molecule has 0 aromatic carbocycles. The van der Waals surface area contributed by atoms with Crippen molar-refractivity contribution in [3.8, 4) is 0 Å². The summed E-state index contributed by atoms with van der Waals surface area (Å²) in [4.78, 5) is 17.4. The first-order valence-electron chi connectivity index (χ1n) is 6.12. The van der Waals surface area contributed by atoms with Crippen LogP contribution in [0.15, 0.2) is 4.42 Å². The number of hydrogen-bond donors (Lipinski definition) is 1. The Balaban J connectivity index is 1.99. The maximum Gasteiger partial charge on any atom is 0.278 e. The highest BCUT2D eigenvalue weighted by Gasteiger charge is 2.21. The number of amides is 1. The lowest BCUT2D eigenvalue weighted by Gasteiger charge is -2.11. The number of nitrogens with one attached hydrogen (secondary N) is 1. The van der Waals surface area contributed by atoms with E-state index in [2.05, 4.69) is 5.48 Å². The molecule has 1 aliphatic carbocycles. The lowest BCUT2D eigenvalue weighted by Crippen LogP contribution is -2.28. The second-order valence-corrected chi connectivity index (χ2v) is 4.67. The summed E-state index contributed by atoms with van der Waals surface area (Å²) in [5.74, 6) is 1.23. The zero-order chi connectivity index (χ0) is 12.4. The largest absolute Gasteiger partial charge is 0.466 e. The fourth-order valence-electron chi connectivity index (χ4n) is 2.32. The molecule has 0 radical (unpaired) electrons. The Bertz CT molecular complexity index is 417. The third-order valence-electron chi connectivity index (χ3n) is 3.41. The number of furan rings is 1. The molecule has 0 bridgehead atoms. The van der Waals surface area contributed by atoms with Crippen LogP contribution in [0.5, 0.6) is 0 Å². The van der Waals surface area contributed by atoms with Gasteiger partial charge >= 0.3 is 0 Å². The van der Waals surface area contributed by atoms with Crippen molar-refractivity contribution in [3.63, 3.8) is 0 Å². The first-order chi connectivity index (χ1) is 8.09.